The van der Waals surface area contributed by atoms with E-state index in [2.05, 4.69) is 21.2 Å². The van der Waals surface area contributed by atoms with E-state index in [1.807, 2.05) is 0 Å². The molecule has 0 saturated heterocycles. The Morgan fingerprint density at radius 1 is 1.36 bits per heavy atom. The van der Waals surface area contributed by atoms with Crippen LogP contribution in [0.3, 0.4) is 0 Å². The van der Waals surface area contributed by atoms with Crippen molar-refractivity contribution in [1.82, 2.24) is 5.32 Å². The van der Waals surface area contributed by atoms with Crippen molar-refractivity contribution in [3.05, 3.63) is 0 Å². The largest absolute Gasteiger partial charge is 0.315 e. The summed E-state index contributed by atoms with van der Waals surface area (Å²) in [5, 5.41) is 3.86. The third-order valence-corrected chi connectivity index (χ3v) is 3.40. The summed E-state index contributed by atoms with van der Waals surface area (Å²) >= 11 is 3.24. The minimum atomic E-state index is -2.78. The highest BCUT2D eigenvalue weighted by Crippen LogP contribution is 1.86. The summed E-state index contributed by atoms with van der Waals surface area (Å²) in [6.07, 6.45) is 0. The fraction of sp³-hybridized carbons (Fsp3) is 1.00. The summed E-state index contributed by atoms with van der Waals surface area (Å²) in [5.74, 6) is 0.486. The second-order valence-electron chi connectivity index (χ2n) is 2.18. The molecule has 68 valence electrons. The average Bonchev–Trinajstić information content (AvgIpc) is 1.99. The van der Waals surface area contributed by atoms with Crippen LogP contribution < -0.4 is 5.32 Å². The summed E-state index contributed by atoms with van der Waals surface area (Å²) in [6.45, 7) is 3.04. The number of nitrogens with one attached hydrogen (secondary N) is 1. The number of alkyl halides is 1. The molecule has 0 fully saturated rings. The van der Waals surface area contributed by atoms with Gasteiger partial charge in [0.15, 0.2) is 9.84 Å². The summed E-state index contributed by atoms with van der Waals surface area (Å²) in [5.41, 5.74) is 0. The van der Waals surface area contributed by atoms with Crippen LogP contribution in [-0.4, -0.2) is 38.3 Å². The highest BCUT2D eigenvalue weighted by Gasteiger charge is 2.04. The van der Waals surface area contributed by atoms with Crippen LogP contribution in [0.4, 0.5) is 0 Å². The second kappa shape index (κ2) is 5.97. The van der Waals surface area contributed by atoms with E-state index in [4.69, 9.17) is 0 Å². The first-order chi connectivity index (χ1) is 5.12. The average molecular weight is 244 g/mol. The Hall–Kier alpha value is 0.390. The second-order valence-corrected chi connectivity index (χ2v) is 5.44. The lowest BCUT2D eigenvalue weighted by atomic mass is 10.7. The zero-order chi connectivity index (χ0) is 8.74. The molecule has 0 rings (SSSR count). The normalized spacial score (nSPS) is 11.8. The monoisotopic (exact) mass is 243 g/mol. The molecule has 0 spiro atoms. The van der Waals surface area contributed by atoms with Gasteiger partial charge in [-0.1, -0.05) is 22.9 Å². The molecule has 11 heavy (non-hydrogen) atoms. The van der Waals surface area contributed by atoms with Crippen LogP contribution in [0.2, 0.25) is 0 Å². The van der Waals surface area contributed by atoms with E-state index in [9.17, 15) is 8.42 Å². The Morgan fingerprint density at radius 3 is 2.45 bits per heavy atom. The Bertz CT molecular complexity index is 179. The molecule has 5 heteroatoms. The van der Waals surface area contributed by atoms with Gasteiger partial charge < -0.3 is 5.32 Å². The maximum Gasteiger partial charge on any atom is 0.151 e. The van der Waals surface area contributed by atoms with Crippen LogP contribution in [0.1, 0.15) is 6.92 Å². The SMILES string of the molecule is CCS(=O)(=O)CCNCCBr. The first-order valence-electron chi connectivity index (χ1n) is 3.59. The molecule has 0 aliphatic rings. The van der Waals surface area contributed by atoms with Crippen molar-refractivity contribution in [2.75, 3.05) is 29.9 Å². The molecule has 0 aliphatic carbocycles. The molecule has 0 saturated carbocycles. The van der Waals surface area contributed by atoms with Crippen LogP contribution in [0.15, 0.2) is 0 Å². The standard InChI is InChI=1S/C6H14BrNO2S/c1-2-11(9,10)6-5-8-4-3-7/h8H,2-6H2,1H3. The molecular formula is C6H14BrNO2S. The van der Waals surface area contributed by atoms with Crippen molar-refractivity contribution in [3.8, 4) is 0 Å². The fourth-order valence-corrected chi connectivity index (χ4v) is 1.59. The van der Waals surface area contributed by atoms with Gasteiger partial charge in [-0.3, -0.25) is 0 Å². The molecule has 0 unspecified atom stereocenters. The molecule has 0 atom stereocenters. The van der Waals surface area contributed by atoms with Crippen LogP contribution >= 0.6 is 15.9 Å². The van der Waals surface area contributed by atoms with Gasteiger partial charge in [0.25, 0.3) is 0 Å². The Morgan fingerprint density at radius 2 is 2.00 bits per heavy atom. The van der Waals surface area contributed by atoms with Gasteiger partial charge in [-0.25, -0.2) is 8.42 Å². The minimum Gasteiger partial charge on any atom is -0.315 e. The van der Waals surface area contributed by atoms with Crippen LogP contribution in [0.5, 0.6) is 0 Å². The van der Waals surface area contributed by atoms with Gasteiger partial charge in [-0.2, -0.15) is 0 Å². The van der Waals surface area contributed by atoms with Gasteiger partial charge in [-0.15, -0.1) is 0 Å². The molecular weight excluding hydrogens is 230 g/mol. The van der Waals surface area contributed by atoms with E-state index in [0.29, 0.717) is 6.54 Å². The van der Waals surface area contributed by atoms with Gasteiger partial charge in [0.1, 0.15) is 0 Å². The number of hydrogen-bond donors (Lipinski definition) is 1. The Kier molecular flexibility index (Phi) is 6.18. The smallest absolute Gasteiger partial charge is 0.151 e. The lowest BCUT2D eigenvalue weighted by molar-refractivity contribution is 0.593. The van der Waals surface area contributed by atoms with Crippen molar-refractivity contribution in [2.24, 2.45) is 0 Å². The van der Waals surface area contributed by atoms with Crippen LogP contribution in [0.25, 0.3) is 0 Å². The van der Waals surface area contributed by atoms with Crippen LogP contribution in [0, 0.1) is 0 Å². The third-order valence-electron chi connectivity index (χ3n) is 1.30. The number of hydrogen-bond acceptors (Lipinski definition) is 3. The molecule has 0 aromatic heterocycles. The van der Waals surface area contributed by atoms with Crippen molar-refractivity contribution in [1.29, 1.82) is 0 Å². The topological polar surface area (TPSA) is 46.2 Å². The first kappa shape index (κ1) is 11.4. The molecule has 0 heterocycles. The minimum absolute atomic E-state index is 0.239. The number of halogens is 1. The van der Waals surface area contributed by atoms with E-state index in [1.165, 1.54) is 0 Å². The van der Waals surface area contributed by atoms with E-state index in [-0.39, 0.29) is 11.5 Å². The van der Waals surface area contributed by atoms with Crippen LogP contribution in [-0.2, 0) is 9.84 Å². The van der Waals surface area contributed by atoms with Gasteiger partial charge in [0.2, 0.25) is 0 Å². The summed E-state index contributed by atoms with van der Waals surface area (Å²) < 4.78 is 21.8. The van der Waals surface area contributed by atoms with Gasteiger partial charge in [0.05, 0.1) is 5.75 Å². The maximum atomic E-state index is 10.9. The van der Waals surface area contributed by atoms with Gasteiger partial charge in [0, 0.05) is 24.2 Å². The molecule has 0 aromatic carbocycles. The highest BCUT2D eigenvalue weighted by atomic mass is 79.9. The van der Waals surface area contributed by atoms with Gasteiger partial charge in [-0.05, 0) is 0 Å². The summed E-state index contributed by atoms with van der Waals surface area (Å²) in [6, 6.07) is 0. The quantitative estimate of drug-likeness (QED) is 0.543. The Labute approximate surface area is 76.6 Å². The third kappa shape index (κ3) is 6.77. The van der Waals surface area contributed by atoms with Crippen molar-refractivity contribution < 1.29 is 8.42 Å². The molecule has 0 bridgehead atoms. The molecule has 0 amide bonds. The fourth-order valence-electron chi connectivity index (χ4n) is 0.564. The van der Waals surface area contributed by atoms with E-state index < -0.39 is 9.84 Å². The van der Waals surface area contributed by atoms with E-state index >= 15 is 0 Å². The number of rotatable bonds is 6. The van der Waals surface area contributed by atoms with Crippen molar-refractivity contribution >= 4 is 25.8 Å². The first-order valence-corrected chi connectivity index (χ1v) is 6.53. The summed E-state index contributed by atoms with van der Waals surface area (Å²) in [7, 11) is -2.78. The zero-order valence-corrected chi connectivity index (χ0v) is 9.04. The Balaban J connectivity index is 3.39. The molecule has 0 radical (unpaired) electrons. The zero-order valence-electron chi connectivity index (χ0n) is 6.64. The molecule has 1 N–H and O–H groups in total. The maximum absolute atomic E-state index is 10.9. The van der Waals surface area contributed by atoms with Crippen molar-refractivity contribution in [2.45, 2.75) is 6.92 Å². The van der Waals surface area contributed by atoms with Crippen molar-refractivity contribution in [3.63, 3.8) is 0 Å². The van der Waals surface area contributed by atoms with Gasteiger partial charge >= 0.3 is 0 Å². The highest BCUT2D eigenvalue weighted by molar-refractivity contribution is 9.09. The molecule has 0 aromatic rings. The predicted octanol–water partition coefficient (Wildman–Crippen LogP) is 0.406. The lowest BCUT2D eigenvalue weighted by Crippen LogP contribution is -2.25. The molecule has 3 nitrogen and oxygen atoms in total. The van der Waals surface area contributed by atoms with E-state index in [1.54, 1.807) is 6.92 Å². The number of sulfone groups is 1. The summed E-state index contributed by atoms with van der Waals surface area (Å²) in [4.78, 5) is 0. The molecule has 0 aliphatic heterocycles. The predicted molar refractivity (Wildman–Crippen MR) is 51.0 cm³/mol. The van der Waals surface area contributed by atoms with E-state index in [0.717, 1.165) is 11.9 Å². The lowest BCUT2D eigenvalue weighted by Gasteiger charge is -2.01.